The number of amides is 1. The summed E-state index contributed by atoms with van der Waals surface area (Å²) in [5.74, 6) is 0.0383. The van der Waals surface area contributed by atoms with E-state index in [4.69, 9.17) is 11.6 Å². The SMILES string of the molecule is Cc1c(Cl)c(=O)c(C(=O)Nc2c(C(C)C)cccc2C(C)C)c(C)n1CCc1ccccc1. The number of aryl methyl sites for hydroxylation is 1. The molecule has 3 rings (SSSR count). The van der Waals surface area contributed by atoms with E-state index in [1.165, 1.54) is 5.56 Å². The second-order valence-electron chi connectivity index (χ2n) is 9.15. The van der Waals surface area contributed by atoms with E-state index in [0.717, 1.165) is 23.2 Å². The first kappa shape index (κ1) is 24.8. The highest BCUT2D eigenvalue weighted by Gasteiger charge is 2.24. The Hall–Kier alpha value is -2.85. The highest BCUT2D eigenvalue weighted by molar-refractivity contribution is 6.31. The second kappa shape index (κ2) is 10.4. The van der Waals surface area contributed by atoms with Crippen LogP contribution in [0, 0.1) is 13.8 Å². The number of aromatic nitrogens is 1. The summed E-state index contributed by atoms with van der Waals surface area (Å²) in [7, 11) is 0. The van der Waals surface area contributed by atoms with Crippen molar-refractivity contribution in [2.45, 2.75) is 66.3 Å². The second-order valence-corrected chi connectivity index (χ2v) is 9.53. The lowest BCUT2D eigenvalue weighted by molar-refractivity contribution is 0.102. The minimum Gasteiger partial charge on any atom is -0.346 e. The summed E-state index contributed by atoms with van der Waals surface area (Å²) < 4.78 is 1.98. The molecule has 1 heterocycles. The summed E-state index contributed by atoms with van der Waals surface area (Å²) in [5.41, 5.74) is 5.06. The van der Waals surface area contributed by atoms with Gasteiger partial charge in [-0.25, -0.2) is 0 Å². The van der Waals surface area contributed by atoms with Crippen LogP contribution in [0.25, 0.3) is 0 Å². The van der Waals surface area contributed by atoms with Crippen LogP contribution in [0.1, 0.15) is 78.0 Å². The molecule has 174 valence electrons. The molecule has 0 radical (unpaired) electrons. The van der Waals surface area contributed by atoms with Crippen molar-refractivity contribution in [3.05, 3.63) is 97.4 Å². The van der Waals surface area contributed by atoms with Gasteiger partial charge in [0, 0.05) is 23.6 Å². The van der Waals surface area contributed by atoms with E-state index in [1.807, 2.05) is 54.8 Å². The van der Waals surface area contributed by atoms with Crippen LogP contribution in [0.3, 0.4) is 0 Å². The van der Waals surface area contributed by atoms with E-state index in [1.54, 1.807) is 0 Å². The van der Waals surface area contributed by atoms with Crippen LogP contribution < -0.4 is 10.7 Å². The Labute approximate surface area is 201 Å². The zero-order valence-corrected chi connectivity index (χ0v) is 21.1. The number of anilines is 1. The monoisotopic (exact) mass is 464 g/mol. The van der Waals surface area contributed by atoms with Crippen LogP contribution >= 0.6 is 11.6 Å². The molecule has 5 heteroatoms. The predicted molar refractivity (Wildman–Crippen MR) is 138 cm³/mol. The lowest BCUT2D eigenvalue weighted by Crippen LogP contribution is -2.29. The predicted octanol–water partition coefficient (Wildman–Crippen LogP) is 6.86. The molecule has 2 aromatic carbocycles. The molecule has 0 bridgehead atoms. The summed E-state index contributed by atoms with van der Waals surface area (Å²) in [5, 5.41) is 3.17. The van der Waals surface area contributed by atoms with Crippen molar-refractivity contribution >= 4 is 23.2 Å². The lowest BCUT2D eigenvalue weighted by Gasteiger charge is -2.22. The first-order valence-corrected chi connectivity index (χ1v) is 11.9. The number of halogens is 1. The molecule has 0 aliphatic rings. The maximum atomic E-state index is 13.5. The average Bonchev–Trinajstić information content (AvgIpc) is 2.78. The summed E-state index contributed by atoms with van der Waals surface area (Å²) in [6.07, 6.45) is 0.774. The molecular weight excluding hydrogens is 432 g/mol. The molecule has 0 spiro atoms. The fourth-order valence-corrected chi connectivity index (χ4v) is 4.50. The Morgan fingerprint density at radius 3 is 2.03 bits per heavy atom. The van der Waals surface area contributed by atoms with Gasteiger partial charge in [-0.15, -0.1) is 0 Å². The standard InChI is InChI=1S/C28H33ClN2O2/c1-17(2)22-13-10-14-23(18(3)4)26(22)30-28(33)24-19(5)31(20(6)25(29)27(24)32)16-15-21-11-8-7-9-12-21/h7-14,17-18H,15-16H2,1-6H3,(H,30,33). The molecule has 4 nitrogen and oxygen atoms in total. The van der Waals surface area contributed by atoms with Crippen LogP contribution in [0.4, 0.5) is 5.69 Å². The van der Waals surface area contributed by atoms with Crippen molar-refractivity contribution in [2.24, 2.45) is 0 Å². The fourth-order valence-electron chi connectivity index (χ4n) is 4.30. The minimum atomic E-state index is -0.423. The zero-order chi connectivity index (χ0) is 24.3. The van der Waals surface area contributed by atoms with Crippen molar-refractivity contribution < 1.29 is 4.79 Å². The summed E-state index contributed by atoms with van der Waals surface area (Å²) in [6, 6.07) is 16.2. The Balaban J connectivity index is 2.04. The summed E-state index contributed by atoms with van der Waals surface area (Å²) >= 11 is 6.44. The van der Waals surface area contributed by atoms with E-state index in [-0.39, 0.29) is 22.4 Å². The van der Waals surface area contributed by atoms with E-state index in [0.29, 0.717) is 17.9 Å². The largest absolute Gasteiger partial charge is 0.346 e. The van der Waals surface area contributed by atoms with Crippen molar-refractivity contribution in [1.29, 1.82) is 0 Å². The number of carbonyl (C=O) groups is 1. The van der Waals surface area contributed by atoms with Gasteiger partial charge in [0.25, 0.3) is 5.91 Å². The lowest BCUT2D eigenvalue weighted by atomic mass is 9.92. The molecule has 0 aliphatic heterocycles. The van der Waals surface area contributed by atoms with E-state index in [2.05, 4.69) is 45.1 Å². The van der Waals surface area contributed by atoms with Crippen LogP contribution in [0.2, 0.25) is 5.02 Å². The first-order chi connectivity index (χ1) is 15.6. The maximum Gasteiger partial charge on any atom is 0.261 e. The third-order valence-electron chi connectivity index (χ3n) is 6.22. The number of hydrogen-bond donors (Lipinski definition) is 1. The van der Waals surface area contributed by atoms with Crippen LogP contribution in [0.5, 0.6) is 0 Å². The number of nitrogens with one attached hydrogen (secondary N) is 1. The zero-order valence-electron chi connectivity index (χ0n) is 20.3. The molecular formula is C28H33ClN2O2. The van der Waals surface area contributed by atoms with Crippen molar-refractivity contribution in [3.63, 3.8) is 0 Å². The molecule has 1 aromatic heterocycles. The number of nitrogens with zero attached hydrogens (tertiary/aromatic N) is 1. The van der Waals surface area contributed by atoms with Gasteiger partial charge in [-0.1, -0.05) is 87.8 Å². The van der Waals surface area contributed by atoms with Gasteiger partial charge in [-0.2, -0.15) is 0 Å². The average molecular weight is 465 g/mol. The number of pyridine rings is 1. The molecule has 3 aromatic rings. The number of carbonyl (C=O) groups excluding carboxylic acids is 1. The van der Waals surface area contributed by atoms with Gasteiger partial charge in [-0.3, -0.25) is 9.59 Å². The van der Waals surface area contributed by atoms with Gasteiger partial charge in [0.15, 0.2) is 0 Å². The molecule has 0 aliphatic carbocycles. The fraction of sp³-hybridized carbons (Fsp3) is 0.357. The normalized spacial score (nSPS) is 11.3. The van der Waals surface area contributed by atoms with Gasteiger partial charge in [-0.05, 0) is 48.8 Å². The van der Waals surface area contributed by atoms with Crippen LogP contribution in [0.15, 0.2) is 53.3 Å². The van der Waals surface area contributed by atoms with Crippen molar-refractivity contribution in [2.75, 3.05) is 5.32 Å². The van der Waals surface area contributed by atoms with E-state index < -0.39 is 11.3 Å². The molecule has 33 heavy (non-hydrogen) atoms. The molecule has 0 atom stereocenters. The highest BCUT2D eigenvalue weighted by atomic mass is 35.5. The summed E-state index contributed by atoms with van der Waals surface area (Å²) in [6.45, 7) is 12.7. The van der Waals surface area contributed by atoms with Gasteiger partial charge >= 0.3 is 0 Å². The van der Waals surface area contributed by atoms with Crippen LogP contribution in [-0.4, -0.2) is 10.5 Å². The molecule has 0 unspecified atom stereocenters. The minimum absolute atomic E-state index is 0.0973. The number of hydrogen-bond acceptors (Lipinski definition) is 2. The Bertz CT molecular complexity index is 1180. The molecule has 1 amide bonds. The quantitative estimate of drug-likeness (QED) is 0.415. The van der Waals surface area contributed by atoms with E-state index >= 15 is 0 Å². The molecule has 0 fully saturated rings. The molecule has 1 N–H and O–H groups in total. The first-order valence-electron chi connectivity index (χ1n) is 11.5. The van der Waals surface area contributed by atoms with Crippen molar-refractivity contribution in [3.8, 4) is 0 Å². The number of benzene rings is 2. The number of para-hydroxylation sites is 1. The Morgan fingerprint density at radius 1 is 0.909 bits per heavy atom. The summed E-state index contributed by atoms with van der Waals surface area (Å²) in [4.78, 5) is 26.6. The Morgan fingerprint density at radius 2 is 1.48 bits per heavy atom. The Kier molecular flexibility index (Phi) is 7.80. The smallest absolute Gasteiger partial charge is 0.261 e. The van der Waals surface area contributed by atoms with E-state index in [9.17, 15) is 9.59 Å². The van der Waals surface area contributed by atoms with Crippen molar-refractivity contribution in [1.82, 2.24) is 4.57 Å². The molecule has 0 saturated heterocycles. The maximum absolute atomic E-state index is 13.5. The third kappa shape index (κ3) is 5.22. The van der Waals surface area contributed by atoms with Gasteiger partial charge in [0.05, 0.1) is 0 Å². The van der Waals surface area contributed by atoms with Crippen LogP contribution in [-0.2, 0) is 13.0 Å². The third-order valence-corrected chi connectivity index (χ3v) is 6.67. The van der Waals surface area contributed by atoms with Gasteiger partial charge < -0.3 is 9.88 Å². The molecule has 0 saturated carbocycles. The van der Waals surface area contributed by atoms with Gasteiger partial charge in [0.2, 0.25) is 5.43 Å². The number of rotatable bonds is 7. The highest BCUT2D eigenvalue weighted by Crippen LogP contribution is 2.33. The van der Waals surface area contributed by atoms with Gasteiger partial charge in [0.1, 0.15) is 10.6 Å². The topological polar surface area (TPSA) is 51.1 Å².